The zero-order valence-electron chi connectivity index (χ0n) is 8.36. The van der Waals surface area contributed by atoms with Gasteiger partial charge in [-0.3, -0.25) is 0 Å². The SMILES string of the molecule is CC1=CCOC/C1=C\c1ccccc1. The Morgan fingerprint density at radius 2 is 2.00 bits per heavy atom. The topological polar surface area (TPSA) is 9.23 Å². The van der Waals surface area contributed by atoms with Gasteiger partial charge in [0.2, 0.25) is 0 Å². The van der Waals surface area contributed by atoms with E-state index in [2.05, 4.69) is 43.3 Å². The first-order valence-electron chi connectivity index (χ1n) is 4.87. The van der Waals surface area contributed by atoms with E-state index in [1.54, 1.807) is 0 Å². The van der Waals surface area contributed by atoms with Gasteiger partial charge in [-0.1, -0.05) is 36.4 Å². The highest BCUT2D eigenvalue weighted by Gasteiger charge is 2.05. The van der Waals surface area contributed by atoms with Crippen LogP contribution < -0.4 is 0 Å². The summed E-state index contributed by atoms with van der Waals surface area (Å²) in [6.07, 6.45) is 4.31. The third-order valence-electron chi connectivity index (χ3n) is 2.41. The number of ether oxygens (including phenoxy) is 1. The molecule has 2 rings (SSSR count). The number of hydrogen-bond acceptors (Lipinski definition) is 1. The molecule has 0 N–H and O–H groups in total. The molecular weight excluding hydrogens is 172 g/mol. The number of rotatable bonds is 1. The zero-order valence-corrected chi connectivity index (χ0v) is 8.36. The second-order valence-corrected chi connectivity index (χ2v) is 3.48. The van der Waals surface area contributed by atoms with Crippen molar-refractivity contribution in [3.05, 3.63) is 53.1 Å². The fourth-order valence-corrected chi connectivity index (χ4v) is 1.50. The highest BCUT2D eigenvalue weighted by molar-refractivity contribution is 5.58. The van der Waals surface area contributed by atoms with E-state index in [0.29, 0.717) is 0 Å². The summed E-state index contributed by atoms with van der Waals surface area (Å²) in [5, 5.41) is 0. The molecule has 0 fully saturated rings. The van der Waals surface area contributed by atoms with Gasteiger partial charge in [-0.05, 0) is 29.7 Å². The van der Waals surface area contributed by atoms with E-state index in [1.165, 1.54) is 16.7 Å². The summed E-state index contributed by atoms with van der Waals surface area (Å²) in [5.74, 6) is 0. The molecule has 1 aromatic carbocycles. The van der Waals surface area contributed by atoms with Crippen LogP contribution >= 0.6 is 0 Å². The van der Waals surface area contributed by atoms with E-state index < -0.39 is 0 Å². The van der Waals surface area contributed by atoms with Crippen LogP contribution in [0.1, 0.15) is 12.5 Å². The highest BCUT2D eigenvalue weighted by atomic mass is 16.5. The van der Waals surface area contributed by atoms with Gasteiger partial charge in [0.15, 0.2) is 0 Å². The Labute approximate surface area is 84.7 Å². The molecule has 0 bridgehead atoms. The van der Waals surface area contributed by atoms with Crippen LogP contribution in [-0.4, -0.2) is 13.2 Å². The highest BCUT2D eigenvalue weighted by Crippen LogP contribution is 2.17. The van der Waals surface area contributed by atoms with Crippen molar-refractivity contribution in [2.24, 2.45) is 0 Å². The normalized spacial score (nSPS) is 19.5. The van der Waals surface area contributed by atoms with Crippen molar-refractivity contribution in [2.75, 3.05) is 13.2 Å². The van der Waals surface area contributed by atoms with E-state index in [9.17, 15) is 0 Å². The molecule has 0 aromatic heterocycles. The Morgan fingerprint density at radius 3 is 2.71 bits per heavy atom. The van der Waals surface area contributed by atoms with E-state index in [-0.39, 0.29) is 0 Å². The van der Waals surface area contributed by atoms with Crippen molar-refractivity contribution in [3.63, 3.8) is 0 Å². The van der Waals surface area contributed by atoms with Gasteiger partial charge >= 0.3 is 0 Å². The van der Waals surface area contributed by atoms with Crippen LogP contribution in [0, 0.1) is 0 Å². The third-order valence-corrected chi connectivity index (χ3v) is 2.41. The summed E-state index contributed by atoms with van der Waals surface area (Å²) in [6.45, 7) is 3.62. The predicted octanol–water partition coefficient (Wildman–Crippen LogP) is 3.05. The van der Waals surface area contributed by atoms with Gasteiger partial charge in [-0.25, -0.2) is 0 Å². The number of benzene rings is 1. The summed E-state index contributed by atoms with van der Waals surface area (Å²) in [5.41, 5.74) is 3.85. The molecule has 0 atom stereocenters. The van der Waals surface area contributed by atoms with Crippen LogP contribution in [0.3, 0.4) is 0 Å². The van der Waals surface area contributed by atoms with Crippen molar-refractivity contribution in [3.8, 4) is 0 Å². The van der Waals surface area contributed by atoms with E-state index in [4.69, 9.17) is 4.74 Å². The third kappa shape index (κ3) is 2.12. The van der Waals surface area contributed by atoms with E-state index >= 15 is 0 Å². The Morgan fingerprint density at radius 1 is 1.21 bits per heavy atom. The first-order chi connectivity index (χ1) is 6.86. The Kier molecular flexibility index (Phi) is 2.80. The van der Waals surface area contributed by atoms with Crippen LogP contribution in [0.15, 0.2) is 47.6 Å². The van der Waals surface area contributed by atoms with Gasteiger partial charge < -0.3 is 4.74 Å². The molecule has 0 spiro atoms. The summed E-state index contributed by atoms with van der Waals surface area (Å²) >= 11 is 0. The summed E-state index contributed by atoms with van der Waals surface area (Å²) < 4.78 is 5.38. The lowest BCUT2D eigenvalue weighted by Crippen LogP contribution is -2.06. The van der Waals surface area contributed by atoms with Gasteiger partial charge in [0, 0.05) is 0 Å². The Hall–Kier alpha value is -1.34. The molecule has 0 radical (unpaired) electrons. The Bertz CT molecular complexity index is 360. The smallest absolute Gasteiger partial charge is 0.0723 e. The predicted molar refractivity (Wildman–Crippen MR) is 59.0 cm³/mol. The monoisotopic (exact) mass is 186 g/mol. The maximum Gasteiger partial charge on any atom is 0.0723 e. The van der Waals surface area contributed by atoms with Crippen LogP contribution in [0.2, 0.25) is 0 Å². The van der Waals surface area contributed by atoms with Gasteiger partial charge in [0.25, 0.3) is 0 Å². The molecule has 14 heavy (non-hydrogen) atoms. The molecule has 1 heterocycles. The van der Waals surface area contributed by atoms with Gasteiger partial charge in [-0.2, -0.15) is 0 Å². The van der Waals surface area contributed by atoms with Gasteiger partial charge in [0.05, 0.1) is 13.2 Å². The maximum absolute atomic E-state index is 5.38. The second kappa shape index (κ2) is 4.25. The van der Waals surface area contributed by atoms with E-state index in [1.807, 2.05) is 6.07 Å². The summed E-state index contributed by atoms with van der Waals surface area (Å²) in [4.78, 5) is 0. The first-order valence-corrected chi connectivity index (χ1v) is 4.87. The zero-order chi connectivity index (χ0) is 9.80. The molecule has 0 saturated carbocycles. The molecule has 0 saturated heterocycles. The molecule has 0 unspecified atom stereocenters. The Balaban J connectivity index is 2.26. The first kappa shape index (κ1) is 9.22. The lowest BCUT2D eigenvalue weighted by atomic mass is 10.0. The minimum atomic E-state index is 0.733. The van der Waals surface area contributed by atoms with Crippen LogP contribution in [0.4, 0.5) is 0 Å². The lowest BCUT2D eigenvalue weighted by Gasteiger charge is -2.14. The molecule has 72 valence electrons. The molecule has 1 aromatic rings. The molecule has 0 amide bonds. The quantitative estimate of drug-likeness (QED) is 0.655. The fourth-order valence-electron chi connectivity index (χ4n) is 1.50. The van der Waals surface area contributed by atoms with Crippen LogP contribution in [0.5, 0.6) is 0 Å². The molecular formula is C13H14O. The molecule has 1 aliphatic rings. The second-order valence-electron chi connectivity index (χ2n) is 3.48. The van der Waals surface area contributed by atoms with Crippen LogP contribution in [0.25, 0.3) is 6.08 Å². The van der Waals surface area contributed by atoms with Gasteiger partial charge in [-0.15, -0.1) is 0 Å². The van der Waals surface area contributed by atoms with Crippen molar-refractivity contribution in [1.82, 2.24) is 0 Å². The molecule has 1 nitrogen and oxygen atoms in total. The minimum absolute atomic E-state index is 0.733. The average molecular weight is 186 g/mol. The number of hydrogen-bond donors (Lipinski definition) is 0. The largest absolute Gasteiger partial charge is 0.373 e. The standard InChI is InChI=1S/C13H14O/c1-11-7-8-14-10-13(11)9-12-5-3-2-4-6-12/h2-7,9H,8,10H2,1H3/b13-9+. The average Bonchev–Trinajstić information content (AvgIpc) is 2.23. The van der Waals surface area contributed by atoms with Crippen molar-refractivity contribution in [2.45, 2.75) is 6.92 Å². The fraction of sp³-hybridized carbons (Fsp3) is 0.231. The van der Waals surface area contributed by atoms with E-state index in [0.717, 1.165) is 13.2 Å². The van der Waals surface area contributed by atoms with Crippen molar-refractivity contribution < 1.29 is 4.74 Å². The van der Waals surface area contributed by atoms with Crippen molar-refractivity contribution in [1.29, 1.82) is 0 Å². The summed E-state index contributed by atoms with van der Waals surface area (Å²) in [6, 6.07) is 10.3. The van der Waals surface area contributed by atoms with Crippen molar-refractivity contribution >= 4 is 6.08 Å². The molecule has 1 heteroatoms. The summed E-state index contributed by atoms with van der Waals surface area (Å²) in [7, 11) is 0. The van der Waals surface area contributed by atoms with Crippen LogP contribution in [-0.2, 0) is 4.74 Å². The lowest BCUT2D eigenvalue weighted by molar-refractivity contribution is 0.181. The minimum Gasteiger partial charge on any atom is -0.373 e. The maximum atomic E-state index is 5.38. The van der Waals surface area contributed by atoms with Gasteiger partial charge in [0.1, 0.15) is 0 Å². The molecule has 0 aliphatic carbocycles. The molecule has 1 aliphatic heterocycles.